The number of thioether (sulfide) groups is 1. The number of fused-ring (bicyclic) bond motifs is 3. The maximum Gasteiger partial charge on any atom is 0.408 e. The number of carboxylic acid groups (broad SMARTS) is 1. The highest BCUT2D eigenvalue weighted by Gasteiger charge is 2.59. The van der Waals surface area contributed by atoms with Gasteiger partial charge >= 0.3 is 12.1 Å². The third-order valence-electron chi connectivity index (χ3n) is 7.42. The molecule has 34 heavy (non-hydrogen) atoms. The Morgan fingerprint density at radius 2 is 1.65 bits per heavy atom. The topological polar surface area (TPSA) is 95.9 Å². The Morgan fingerprint density at radius 1 is 1.03 bits per heavy atom. The van der Waals surface area contributed by atoms with Gasteiger partial charge in [-0.15, -0.1) is 11.8 Å². The van der Waals surface area contributed by atoms with Crippen LogP contribution in [0.4, 0.5) is 4.79 Å². The molecule has 176 valence electrons. The van der Waals surface area contributed by atoms with Gasteiger partial charge in [-0.25, -0.2) is 9.59 Å². The Hall–Kier alpha value is -3.00. The molecule has 2 aromatic rings. The molecule has 2 unspecified atom stereocenters. The summed E-state index contributed by atoms with van der Waals surface area (Å²) >= 11 is 1.54. The van der Waals surface area contributed by atoms with E-state index in [1.807, 2.05) is 24.3 Å². The van der Waals surface area contributed by atoms with Gasteiger partial charge in [0.15, 0.2) is 0 Å². The van der Waals surface area contributed by atoms with Crippen molar-refractivity contribution in [2.24, 2.45) is 5.92 Å². The van der Waals surface area contributed by atoms with Crippen LogP contribution >= 0.6 is 11.8 Å². The van der Waals surface area contributed by atoms with Gasteiger partial charge in [0.1, 0.15) is 18.2 Å². The summed E-state index contributed by atoms with van der Waals surface area (Å²) in [6.45, 7) is 0.173. The second-order valence-corrected chi connectivity index (χ2v) is 10.8. The SMILES string of the molecule is O=C(NC1(C(=O)N2C(C(=O)O)CSC2C2CC2)CC1)OCC1c2ccccc2-c2ccccc21. The Labute approximate surface area is 201 Å². The predicted molar refractivity (Wildman–Crippen MR) is 127 cm³/mol. The number of aliphatic carboxylic acids is 1. The molecule has 3 aliphatic carbocycles. The quantitative estimate of drug-likeness (QED) is 0.655. The third-order valence-corrected chi connectivity index (χ3v) is 8.89. The second kappa shape index (κ2) is 8.05. The fourth-order valence-corrected chi connectivity index (χ4v) is 6.94. The molecule has 8 heteroatoms. The summed E-state index contributed by atoms with van der Waals surface area (Å²) in [5, 5.41) is 12.4. The molecule has 7 nitrogen and oxygen atoms in total. The molecule has 4 aliphatic rings. The molecule has 6 rings (SSSR count). The van der Waals surface area contributed by atoms with E-state index in [4.69, 9.17) is 4.74 Å². The highest BCUT2D eigenvalue weighted by atomic mass is 32.2. The van der Waals surface area contributed by atoms with Crippen LogP contribution in [0.25, 0.3) is 11.1 Å². The van der Waals surface area contributed by atoms with Gasteiger partial charge in [0.2, 0.25) is 5.91 Å². The molecule has 2 N–H and O–H groups in total. The van der Waals surface area contributed by atoms with Gasteiger partial charge < -0.3 is 20.1 Å². The van der Waals surface area contributed by atoms with Crippen LogP contribution in [0.5, 0.6) is 0 Å². The average Bonchev–Trinajstić information content (AvgIpc) is 3.76. The van der Waals surface area contributed by atoms with Crippen molar-refractivity contribution >= 4 is 29.7 Å². The van der Waals surface area contributed by atoms with Crippen molar-refractivity contribution in [2.75, 3.05) is 12.4 Å². The van der Waals surface area contributed by atoms with Gasteiger partial charge in [-0.1, -0.05) is 48.5 Å². The molecule has 3 fully saturated rings. The molecule has 0 bridgehead atoms. The standard InChI is InChI=1S/C26H26N2O5S/c29-23(30)21-14-34-22(15-9-10-15)28(21)24(31)26(11-12-26)27-25(32)33-13-20-18-7-3-1-5-16(18)17-6-2-4-8-19(17)20/h1-8,15,20-22H,9-14H2,(H,27,32)(H,29,30). The lowest BCUT2D eigenvalue weighted by Gasteiger charge is -2.31. The van der Waals surface area contributed by atoms with E-state index in [1.54, 1.807) is 11.8 Å². The summed E-state index contributed by atoms with van der Waals surface area (Å²) in [7, 11) is 0. The molecule has 1 aliphatic heterocycles. The molecule has 1 saturated heterocycles. The second-order valence-electron chi connectivity index (χ2n) is 9.66. The Morgan fingerprint density at radius 3 is 2.21 bits per heavy atom. The van der Waals surface area contributed by atoms with E-state index < -0.39 is 23.6 Å². The monoisotopic (exact) mass is 478 g/mol. The highest BCUT2D eigenvalue weighted by molar-refractivity contribution is 8.00. The molecule has 2 saturated carbocycles. The smallest absolute Gasteiger partial charge is 0.408 e. The molecule has 2 aromatic carbocycles. The van der Waals surface area contributed by atoms with Crippen LogP contribution in [0.1, 0.15) is 42.7 Å². The minimum atomic E-state index is -1.05. The zero-order valence-corrected chi connectivity index (χ0v) is 19.4. The minimum Gasteiger partial charge on any atom is -0.480 e. The fraction of sp³-hybridized carbons (Fsp3) is 0.423. The average molecular weight is 479 g/mol. The van der Waals surface area contributed by atoms with Crippen molar-refractivity contribution in [3.8, 4) is 11.1 Å². The lowest BCUT2D eigenvalue weighted by atomic mass is 9.98. The zero-order valence-electron chi connectivity index (χ0n) is 18.6. The fourth-order valence-electron chi connectivity index (χ4n) is 5.31. The summed E-state index contributed by atoms with van der Waals surface area (Å²) in [5.74, 6) is -0.585. The number of amides is 2. The Balaban J connectivity index is 1.15. The van der Waals surface area contributed by atoms with E-state index in [0.717, 1.165) is 35.1 Å². The normalized spacial score (nSPS) is 24.3. The van der Waals surface area contributed by atoms with E-state index in [0.29, 0.717) is 24.5 Å². The lowest BCUT2D eigenvalue weighted by molar-refractivity contribution is -0.150. The summed E-state index contributed by atoms with van der Waals surface area (Å²) in [4.78, 5) is 39.6. The number of ether oxygens (including phenoxy) is 1. The largest absolute Gasteiger partial charge is 0.480 e. The maximum atomic E-state index is 13.5. The van der Waals surface area contributed by atoms with E-state index in [2.05, 4.69) is 29.6 Å². The van der Waals surface area contributed by atoms with E-state index in [1.165, 1.54) is 4.90 Å². The maximum absolute atomic E-state index is 13.5. The van der Waals surface area contributed by atoms with E-state index in [-0.39, 0.29) is 23.8 Å². The summed E-state index contributed by atoms with van der Waals surface area (Å²) in [5.41, 5.74) is 3.50. The molecular formula is C26H26N2O5S. The van der Waals surface area contributed by atoms with Gasteiger partial charge in [-0.05, 0) is 53.9 Å². The molecule has 2 atom stereocenters. The molecular weight excluding hydrogens is 452 g/mol. The van der Waals surface area contributed by atoms with Crippen LogP contribution < -0.4 is 5.32 Å². The van der Waals surface area contributed by atoms with Crippen LogP contribution in [0.15, 0.2) is 48.5 Å². The zero-order chi connectivity index (χ0) is 23.4. The first-order chi connectivity index (χ1) is 16.5. The lowest BCUT2D eigenvalue weighted by Crippen LogP contribution is -2.56. The first-order valence-corrected chi connectivity index (χ1v) is 12.8. The number of nitrogens with one attached hydrogen (secondary N) is 1. The van der Waals surface area contributed by atoms with Gasteiger partial charge in [0.25, 0.3) is 0 Å². The van der Waals surface area contributed by atoms with Crippen molar-refractivity contribution in [3.63, 3.8) is 0 Å². The summed E-state index contributed by atoms with van der Waals surface area (Å²) in [6, 6.07) is 15.4. The third kappa shape index (κ3) is 3.55. The number of rotatable bonds is 6. The van der Waals surface area contributed by atoms with Gasteiger partial charge in [0, 0.05) is 11.7 Å². The van der Waals surface area contributed by atoms with Crippen molar-refractivity contribution in [1.29, 1.82) is 0 Å². The van der Waals surface area contributed by atoms with E-state index in [9.17, 15) is 19.5 Å². The molecule has 2 amide bonds. The Bertz CT molecular complexity index is 1130. The number of nitrogens with zero attached hydrogens (tertiary/aromatic N) is 1. The van der Waals surface area contributed by atoms with Gasteiger partial charge in [-0.3, -0.25) is 4.79 Å². The number of hydrogen-bond acceptors (Lipinski definition) is 5. The predicted octanol–water partition coefficient (Wildman–Crippen LogP) is 3.82. The van der Waals surface area contributed by atoms with Crippen molar-refractivity contribution < 1.29 is 24.2 Å². The van der Waals surface area contributed by atoms with Crippen molar-refractivity contribution in [1.82, 2.24) is 10.2 Å². The van der Waals surface area contributed by atoms with Crippen LogP contribution in [0, 0.1) is 5.92 Å². The number of carboxylic acids is 1. The first-order valence-electron chi connectivity index (χ1n) is 11.8. The number of alkyl carbamates (subject to hydrolysis) is 1. The minimum absolute atomic E-state index is 0.0605. The van der Waals surface area contributed by atoms with Crippen LogP contribution in [0.3, 0.4) is 0 Å². The molecule has 1 heterocycles. The number of hydrogen-bond donors (Lipinski definition) is 2. The van der Waals surface area contributed by atoms with Gasteiger partial charge in [0.05, 0.1) is 5.37 Å². The molecule has 0 aromatic heterocycles. The Kier molecular flexibility index (Phi) is 5.09. The van der Waals surface area contributed by atoms with Crippen LogP contribution in [-0.4, -0.2) is 57.3 Å². The highest BCUT2D eigenvalue weighted by Crippen LogP contribution is 2.49. The van der Waals surface area contributed by atoms with Crippen molar-refractivity contribution in [2.45, 2.75) is 48.6 Å². The summed E-state index contributed by atoms with van der Waals surface area (Å²) < 4.78 is 5.65. The summed E-state index contributed by atoms with van der Waals surface area (Å²) in [6.07, 6.45) is 2.40. The van der Waals surface area contributed by atoms with Crippen LogP contribution in [0.2, 0.25) is 0 Å². The van der Waals surface area contributed by atoms with Crippen LogP contribution in [-0.2, 0) is 14.3 Å². The van der Waals surface area contributed by atoms with Crippen molar-refractivity contribution in [3.05, 3.63) is 59.7 Å². The molecule has 0 radical (unpaired) electrons. The molecule has 0 spiro atoms. The number of benzene rings is 2. The van der Waals surface area contributed by atoms with E-state index >= 15 is 0 Å². The number of carbonyl (C=O) groups is 3. The van der Waals surface area contributed by atoms with Gasteiger partial charge in [-0.2, -0.15) is 0 Å². The first kappa shape index (κ1) is 21.5. The number of carbonyl (C=O) groups excluding carboxylic acids is 2.